The predicted octanol–water partition coefficient (Wildman–Crippen LogP) is 2.02. The van der Waals surface area contributed by atoms with E-state index in [0.717, 1.165) is 73.1 Å². The molecule has 166 valence electrons. The van der Waals surface area contributed by atoms with Crippen LogP contribution in [0.1, 0.15) is 56.0 Å². The number of hydrogen-bond donors (Lipinski definition) is 4. The summed E-state index contributed by atoms with van der Waals surface area (Å²) in [6.07, 6.45) is 4.73. The Hall–Kier alpha value is -2.37. The van der Waals surface area contributed by atoms with E-state index in [0.29, 0.717) is 18.5 Å². The van der Waals surface area contributed by atoms with E-state index in [9.17, 15) is 4.79 Å². The van der Waals surface area contributed by atoms with Crippen LogP contribution in [0.4, 0.5) is 17.6 Å². The fourth-order valence-electron chi connectivity index (χ4n) is 4.33. The highest BCUT2D eigenvalue weighted by atomic mass is 32.2. The van der Waals surface area contributed by atoms with Crippen molar-refractivity contribution in [2.75, 3.05) is 29.3 Å². The Morgan fingerprint density at radius 2 is 2.19 bits per heavy atom. The molecule has 4 N–H and O–H groups in total. The van der Waals surface area contributed by atoms with Gasteiger partial charge in [0, 0.05) is 23.9 Å². The van der Waals surface area contributed by atoms with Crippen LogP contribution < -0.4 is 21.0 Å². The summed E-state index contributed by atoms with van der Waals surface area (Å²) in [5.74, 6) is 3.39. The number of amides is 1. The lowest BCUT2D eigenvalue weighted by Gasteiger charge is -2.26. The van der Waals surface area contributed by atoms with Gasteiger partial charge in [-0.25, -0.2) is 4.98 Å². The van der Waals surface area contributed by atoms with E-state index < -0.39 is 0 Å². The van der Waals surface area contributed by atoms with Gasteiger partial charge in [0.05, 0.1) is 18.2 Å². The Kier molecular flexibility index (Phi) is 5.72. The molecule has 0 unspecified atom stereocenters. The summed E-state index contributed by atoms with van der Waals surface area (Å²) in [7, 11) is 0. The zero-order valence-corrected chi connectivity index (χ0v) is 18.8. The highest BCUT2D eigenvalue weighted by molar-refractivity contribution is 7.97. The number of hydrazine groups is 1. The molecule has 0 saturated carbocycles. The minimum atomic E-state index is -0.258. The second-order valence-corrected chi connectivity index (χ2v) is 9.51. The van der Waals surface area contributed by atoms with E-state index in [4.69, 9.17) is 9.97 Å². The molecule has 31 heavy (non-hydrogen) atoms. The number of fused-ring (bicyclic) bond motifs is 1. The van der Waals surface area contributed by atoms with E-state index in [1.807, 2.05) is 10.5 Å². The van der Waals surface area contributed by atoms with Gasteiger partial charge in [0.2, 0.25) is 5.95 Å². The van der Waals surface area contributed by atoms with Crippen LogP contribution in [0, 0.1) is 0 Å². The topological polar surface area (TPSA) is 114 Å². The van der Waals surface area contributed by atoms with E-state index in [-0.39, 0.29) is 11.9 Å². The predicted molar refractivity (Wildman–Crippen MR) is 121 cm³/mol. The number of anilines is 3. The van der Waals surface area contributed by atoms with Crippen molar-refractivity contribution in [1.82, 2.24) is 35.3 Å². The Morgan fingerprint density at radius 3 is 2.97 bits per heavy atom. The van der Waals surface area contributed by atoms with E-state index >= 15 is 0 Å². The van der Waals surface area contributed by atoms with Gasteiger partial charge in [-0.2, -0.15) is 10.1 Å². The summed E-state index contributed by atoms with van der Waals surface area (Å²) in [5, 5.41) is 14.1. The Bertz CT molecular complexity index is 956. The number of aromatic nitrogens is 4. The van der Waals surface area contributed by atoms with Crippen LogP contribution >= 0.6 is 11.9 Å². The minimum absolute atomic E-state index is 0.00110. The number of hydrogen-bond acceptors (Lipinski definition) is 9. The van der Waals surface area contributed by atoms with Gasteiger partial charge in [0.15, 0.2) is 5.82 Å². The van der Waals surface area contributed by atoms with Gasteiger partial charge in [0.25, 0.3) is 5.91 Å². The molecule has 4 heterocycles. The lowest BCUT2D eigenvalue weighted by atomic mass is 10.1. The summed E-state index contributed by atoms with van der Waals surface area (Å²) in [6.45, 7) is 5.69. The van der Waals surface area contributed by atoms with Gasteiger partial charge in [-0.1, -0.05) is 13.8 Å². The first-order valence-corrected chi connectivity index (χ1v) is 11.9. The normalized spacial score (nSPS) is 21.1. The number of nitrogens with zero attached hydrogens (tertiary/aromatic N) is 5. The maximum atomic E-state index is 12.9. The van der Waals surface area contributed by atoms with Crippen LogP contribution in [0.15, 0.2) is 6.07 Å². The molecule has 11 heteroatoms. The Morgan fingerprint density at radius 1 is 1.29 bits per heavy atom. The summed E-state index contributed by atoms with van der Waals surface area (Å²) in [5.41, 5.74) is 6.34. The van der Waals surface area contributed by atoms with Crippen molar-refractivity contribution >= 4 is 35.4 Å². The van der Waals surface area contributed by atoms with Gasteiger partial charge in [-0.05, 0) is 50.0 Å². The first kappa shape index (κ1) is 20.5. The van der Waals surface area contributed by atoms with E-state index in [1.54, 1.807) is 11.9 Å². The molecule has 1 amide bonds. The standard InChI is InChI=1S/C20H29N9OS/c1-12(2)15-9-17(26-25-15)23-18-13-5-3-6-14(13)22-20(24-18)28-8-4-7-16(28)19(30)27-29-10-21-11-31-29/h9,12,16,21H,3-8,10-11H2,1-2H3,(H,27,30)(H2,22,23,24,25,26)/t16-/m0/s1. The number of nitrogens with one attached hydrogen (secondary N) is 4. The molecule has 2 saturated heterocycles. The monoisotopic (exact) mass is 443 g/mol. The van der Waals surface area contributed by atoms with Crippen LogP contribution in [0.3, 0.4) is 0 Å². The molecule has 10 nitrogen and oxygen atoms in total. The van der Waals surface area contributed by atoms with Crippen LogP contribution in [0.2, 0.25) is 0 Å². The summed E-state index contributed by atoms with van der Waals surface area (Å²) < 4.78 is 1.85. The first-order valence-electron chi connectivity index (χ1n) is 11.0. The third-order valence-electron chi connectivity index (χ3n) is 6.01. The smallest absolute Gasteiger partial charge is 0.257 e. The zero-order chi connectivity index (χ0) is 21.4. The lowest BCUT2D eigenvalue weighted by molar-refractivity contribution is -0.125. The van der Waals surface area contributed by atoms with Crippen molar-refractivity contribution in [1.29, 1.82) is 0 Å². The Balaban J connectivity index is 1.39. The van der Waals surface area contributed by atoms with E-state index in [1.165, 1.54) is 0 Å². The van der Waals surface area contributed by atoms with Crippen LogP contribution in [0.5, 0.6) is 0 Å². The molecule has 0 bridgehead atoms. The average molecular weight is 444 g/mol. The van der Waals surface area contributed by atoms with Crippen molar-refractivity contribution in [3.8, 4) is 0 Å². The number of H-pyrrole nitrogens is 1. The number of aromatic amines is 1. The third-order valence-corrected chi connectivity index (χ3v) is 6.88. The van der Waals surface area contributed by atoms with Crippen molar-refractivity contribution in [2.24, 2.45) is 0 Å². The number of aryl methyl sites for hydroxylation is 1. The van der Waals surface area contributed by atoms with Gasteiger partial charge >= 0.3 is 0 Å². The quantitative estimate of drug-likeness (QED) is 0.498. The van der Waals surface area contributed by atoms with Crippen LogP contribution in [-0.4, -0.2) is 55.6 Å². The molecule has 5 rings (SSSR count). The molecule has 1 atom stereocenters. The van der Waals surface area contributed by atoms with Gasteiger partial charge in [-0.3, -0.25) is 20.6 Å². The zero-order valence-electron chi connectivity index (χ0n) is 17.9. The molecule has 2 fully saturated rings. The fraction of sp³-hybridized carbons (Fsp3) is 0.600. The maximum absolute atomic E-state index is 12.9. The van der Waals surface area contributed by atoms with Crippen molar-refractivity contribution in [3.05, 3.63) is 23.0 Å². The number of carbonyl (C=O) groups excluding carboxylic acids is 1. The highest BCUT2D eigenvalue weighted by Gasteiger charge is 2.35. The molecule has 3 aliphatic rings. The molecule has 2 aliphatic heterocycles. The minimum Gasteiger partial charge on any atom is -0.329 e. The fourth-order valence-corrected chi connectivity index (χ4v) is 5.01. The molecule has 2 aromatic heterocycles. The molecule has 0 spiro atoms. The third kappa shape index (κ3) is 4.21. The van der Waals surface area contributed by atoms with Gasteiger partial charge in [0.1, 0.15) is 11.9 Å². The summed E-state index contributed by atoms with van der Waals surface area (Å²) in [4.78, 5) is 24.7. The molecule has 0 aromatic carbocycles. The second-order valence-electron chi connectivity index (χ2n) is 8.53. The molecule has 1 aliphatic carbocycles. The molecule has 2 aromatic rings. The van der Waals surface area contributed by atoms with Crippen LogP contribution in [-0.2, 0) is 17.6 Å². The maximum Gasteiger partial charge on any atom is 0.257 e. The second kappa shape index (κ2) is 8.64. The Labute approximate surface area is 186 Å². The SMILES string of the molecule is CC(C)c1cc(Nc2nc(N3CCC[C@H]3C(=O)NN3CNCS3)nc3c2CCC3)n[nH]1. The van der Waals surface area contributed by atoms with Crippen molar-refractivity contribution in [3.63, 3.8) is 0 Å². The van der Waals surface area contributed by atoms with E-state index in [2.05, 4.69) is 45.0 Å². The average Bonchev–Trinajstić information content (AvgIpc) is 3.53. The first-order chi connectivity index (χ1) is 15.1. The van der Waals surface area contributed by atoms with Gasteiger partial charge in [-0.15, -0.1) is 4.41 Å². The molecule has 0 radical (unpaired) electrons. The largest absolute Gasteiger partial charge is 0.329 e. The van der Waals surface area contributed by atoms with Crippen molar-refractivity contribution in [2.45, 2.75) is 57.9 Å². The highest BCUT2D eigenvalue weighted by Crippen LogP contribution is 2.32. The summed E-state index contributed by atoms with van der Waals surface area (Å²) >= 11 is 1.57. The number of carbonyl (C=O) groups is 1. The van der Waals surface area contributed by atoms with Crippen LogP contribution in [0.25, 0.3) is 0 Å². The molecular weight excluding hydrogens is 414 g/mol. The number of rotatable bonds is 6. The molecular formula is C20H29N9OS. The lowest BCUT2D eigenvalue weighted by Crippen LogP contribution is -2.48. The van der Waals surface area contributed by atoms with Crippen molar-refractivity contribution < 1.29 is 4.79 Å². The van der Waals surface area contributed by atoms with Gasteiger partial charge < -0.3 is 10.2 Å². The summed E-state index contributed by atoms with van der Waals surface area (Å²) in [6, 6.07) is 1.77.